The molecule has 2 rings (SSSR count). The van der Waals surface area contributed by atoms with Crippen molar-refractivity contribution in [3.05, 3.63) is 47.3 Å². The van der Waals surface area contributed by atoms with Crippen molar-refractivity contribution in [1.29, 1.82) is 0 Å². The van der Waals surface area contributed by atoms with Gasteiger partial charge in [0.2, 0.25) is 0 Å². The summed E-state index contributed by atoms with van der Waals surface area (Å²) in [4.78, 5) is 22.2. The molecule has 0 amide bonds. The number of esters is 1. The maximum absolute atomic E-state index is 11.5. The largest absolute Gasteiger partial charge is 0.496 e. The molecule has 0 aliphatic rings. The minimum atomic E-state index is -0.414. The number of carbonyl (C=O) groups is 2. The number of aldehydes is 1. The molecule has 6 heteroatoms. The lowest BCUT2D eigenvalue weighted by Crippen LogP contribution is -2.06. The molecular formula is C14H14N2O4. The second-order valence-corrected chi connectivity index (χ2v) is 4.11. The number of aromatic nitrogens is 2. The maximum atomic E-state index is 11.5. The Kier molecular flexibility index (Phi) is 4.14. The molecule has 0 aliphatic heterocycles. The van der Waals surface area contributed by atoms with Crippen LogP contribution >= 0.6 is 0 Å². The first-order valence-electron chi connectivity index (χ1n) is 5.90. The predicted molar refractivity (Wildman–Crippen MR) is 71.1 cm³/mol. The van der Waals surface area contributed by atoms with Crippen LogP contribution in [0.2, 0.25) is 0 Å². The number of rotatable bonds is 5. The standard InChI is InChI=1S/C14H14N2O4/c1-19-13-4-3-11(14(18)20-2)5-12(13)8-16-7-10(9-17)6-15-16/h3-7,9H,8H2,1-2H3. The lowest BCUT2D eigenvalue weighted by molar-refractivity contribution is 0.0600. The second kappa shape index (κ2) is 6.01. The van der Waals surface area contributed by atoms with E-state index in [2.05, 4.69) is 9.84 Å². The molecule has 0 saturated carbocycles. The molecule has 104 valence electrons. The molecule has 0 N–H and O–H groups in total. The molecule has 0 aliphatic carbocycles. The third-order valence-corrected chi connectivity index (χ3v) is 2.82. The Morgan fingerprint density at radius 3 is 2.80 bits per heavy atom. The van der Waals surface area contributed by atoms with Crippen LogP contribution < -0.4 is 4.74 Å². The van der Waals surface area contributed by atoms with Gasteiger partial charge in [-0.05, 0) is 18.2 Å². The zero-order valence-electron chi connectivity index (χ0n) is 11.2. The minimum Gasteiger partial charge on any atom is -0.496 e. The predicted octanol–water partition coefficient (Wildman–Crippen LogP) is 1.54. The summed E-state index contributed by atoms with van der Waals surface area (Å²) in [6.45, 7) is 0.391. The van der Waals surface area contributed by atoms with Gasteiger partial charge >= 0.3 is 5.97 Å². The fourth-order valence-corrected chi connectivity index (χ4v) is 1.85. The van der Waals surface area contributed by atoms with Crippen LogP contribution in [0.25, 0.3) is 0 Å². The number of hydrogen-bond acceptors (Lipinski definition) is 5. The van der Waals surface area contributed by atoms with Crippen LogP contribution in [0.4, 0.5) is 0 Å². The fourth-order valence-electron chi connectivity index (χ4n) is 1.85. The molecule has 0 radical (unpaired) electrons. The van der Waals surface area contributed by atoms with Crippen molar-refractivity contribution in [2.75, 3.05) is 14.2 Å². The van der Waals surface area contributed by atoms with E-state index >= 15 is 0 Å². The zero-order chi connectivity index (χ0) is 14.5. The van der Waals surface area contributed by atoms with E-state index in [9.17, 15) is 9.59 Å². The summed E-state index contributed by atoms with van der Waals surface area (Å²) in [6.07, 6.45) is 3.83. The van der Waals surface area contributed by atoms with Crippen molar-refractivity contribution in [3.8, 4) is 5.75 Å². The molecule has 0 spiro atoms. The van der Waals surface area contributed by atoms with Gasteiger partial charge in [-0.2, -0.15) is 5.10 Å². The van der Waals surface area contributed by atoms with Gasteiger partial charge in [0.05, 0.1) is 38.1 Å². The van der Waals surface area contributed by atoms with Crippen LogP contribution in [0.1, 0.15) is 26.3 Å². The highest BCUT2D eigenvalue weighted by atomic mass is 16.5. The number of benzene rings is 1. The second-order valence-electron chi connectivity index (χ2n) is 4.11. The van der Waals surface area contributed by atoms with E-state index < -0.39 is 5.97 Å². The Morgan fingerprint density at radius 2 is 2.20 bits per heavy atom. The van der Waals surface area contributed by atoms with Gasteiger partial charge in [-0.15, -0.1) is 0 Å². The fraction of sp³-hybridized carbons (Fsp3) is 0.214. The lowest BCUT2D eigenvalue weighted by atomic mass is 10.1. The van der Waals surface area contributed by atoms with Crippen molar-refractivity contribution in [2.45, 2.75) is 6.54 Å². The Morgan fingerprint density at radius 1 is 1.40 bits per heavy atom. The van der Waals surface area contributed by atoms with Crippen LogP contribution in [0.15, 0.2) is 30.6 Å². The van der Waals surface area contributed by atoms with E-state index in [1.807, 2.05) is 0 Å². The first-order chi connectivity index (χ1) is 9.67. The smallest absolute Gasteiger partial charge is 0.337 e. The van der Waals surface area contributed by atoms with Gasteiger partial charge in [0.1, 0.15) is 5.75 Å². The third-order valence-electron chi connectivity index (χ3n) is 2.82. The van der Waals surface area contributed by atoms with E-state index in [1.54, 1.807) is 36.2 Å². The normalized spacial score (nSPS) is 10.1. The highest BCUT2D eigenvalue weighted by molar-refractivity contribution is 5.89. The van der Waals surface area contributed by atoms with Gasteiger partial charge in [-0.1, -0.05) is 0 Å². The zero-order valence-corrected chi connectivity index (χ0v) is 11.2. The molecular weight excluding hydrogens is 260 g/mol. The molecule has 2 aromatic rings. The van der Waals surface area contributed by atoms with Crippen LogP contribution in [0, 0.1) is 0 Å². The molecule has 1 aromatic carbocycles. The summed E-state index contributed by atoms with van der Waals surface area (Å²) in [6, 6.07) is 5.02. The Balaban J connectivity index is 2.32. The molecule has 1 heterocycles. The summed E-state index contributed by atoms with van der Waals surface area (Å²) in [7, 11) is 2.88. The molecule has 0 unspecified atom stereocenters. The van der Waals surface area contributed by atoms with Gasteiger partial charge < -0.3 is 9.47 Å². The Hall–Kier alpha value is -2.63. The molecule has 1 aromatic heterocycles. The van der Waals surface area contributed by atoms with E-state index in [1.165, 1.54) is 13.3 Å². The van der Waals surface area contributed by atoms with Crippen molar-refractivity contribution >= 4 is 12.3 Å². The summed E-state index contributed by atoms with van der Waals surface area (Å²) in [5.74, 6) is 0.226. The van der Waals surface area contributed by atoms with Crippen molar-refractivity contribution in [2.24, 2.45) is 0 Å². The van der Waals surface area contributed by atoms with Crippen LogP contribution in [-0.2, 0) is 11.3 Å². The Labute approximate surface area is 115 Å². The van der Waals surface area contributed by atoms with Crippen molar-refractivity contribution in [1.82, 2.24) is 9.78 Å². The SMILES string of the molecule is COC(=O)c1ccc(OC)c(Cn2cc(C=O)cn2)c1. The number of carbonyl (C=O) groups excluding carboxylic acids is 2. The van der Waals surface area contributed by atoms with Crippen molar-refractivity contribution < 1.29 is 19.1 Å². The van der Waals surface area contributed by atoms with Crippen molar-refractivity contribution in [3.63, 3.8) is 0 Å². The van der Waals surface area contributed by atoms with Gasteiger partial charge in [-0.3, -0.25) is 9.48 Å². The number of nitrogens with zero attached hydrogens (tertiary/aromatic N) is 2. The van der Waals surface area contributed by atoms with Gasteiger partial charge in [-0.25, -0.2) is 4.79 Å². The highest BCUT2D eigenvalue weighted by Gasteiger charge is 2.11. The minimum absolute atomic E-state index is 0.391. The molecule has 0 saturated heterocycles. The quantitative estimate of drug-likeness (QED) is 0.611. The monoisotopic (exact) mass is 274 g/mol. The van der Waals surface area contributed by atoms with Crippen LogP contribution in [0.3, 0.4) is 0 Å². The van der Waals surface area contributed by atoms with E-state index in [-0.39, 0.29) is 0 Å². The molecule has 20 heavy (non-hydrogen) atoms. The first kappa shape index (κ1) is 13.8. The van der Waals surface area contributed by atoms with Crippen LogP contribution in [-0.4, -0.2) is 36.3 Å². The average Bonchev–Trinajstić information content (AvgIpc) is 2.94. The summed E-state index contributed by atoms with van der Waals surface area (Å²) in [5, 5.41) is 4.07. The lowest BCUT2D eigenvalue weighted by Gasteiger charge is -2.10. The van der Waals surface area contributed by atoms with Gasteiger partial charge in [0.25, 0.3) is 0 Å². The summed E-state index contributed by atoms with van der Waals surface area (Å²) < 4.78 is 11.5. The van der Waals surface area contributed by atoms with E-state index in [0.29, 0.717) is 23.4 Å². The van der Waals surface area contributed by atoms with Crippen LogP contribution in [0.5, 0.6) is 5.75 Å². The number of ether oxygens (including phenoxy) is 2. The third kappa shape index (κ3) is 2.85. The maximum Gasteiger partial charge on any atom is 0.337 e. The first-order valence-corrected chi connectivity index (χ1v) is 5.90. The highest BCUT2D eigenvalue weighted by Crippen LogP contribution is 2.21. The summed E-state index contributed by atoms with van der Waals surface area (Å²) in [5.41, 5.74) is 1.70. The number of methoxy groups -OCH3 is 2. The van der Waals surface area contributed by atoms with E-state index in [4.69, 9.17) is 4.74 Å². The molecule has 0 bridgehead atoms. The molecule has 6 nitrogen and oxygen atoms in total. The average molecular weight is 274 g/mol. The molecule has 0 fully saturated rings. The van der Waals surface area contributed by atoms with Gasteiger partial charge in [0.15, 0.2) is 6.29 Å². The summed E-state index contributed by atoms with van der Waals surface area (Å²) >= 11 is 0. The Bertz CT molecular complexity index is 634. The topological polar surface area (TPSA) is 70.4 Å². The molecule has 0 atom stereocenters. The van der Waals surface area contributed by atoms with Gasteiger partial charge in [0, 0.05) is 11.8 Å². The van der Waals surface area contributed by atoms with E-state index in [0.717, 1.165) is 11.8 Å². The number of hydrogen-bond donors (Lipinski definition) is 0.